The van der Waals surface area contributed by atoms with Gasteiger partial charge < -0.3 is 15.0 Å². The Balaban J connectivity index is 2.01. The summed E-state index contributed by atoms with van der Waals surface area (Å²) in [5.41, 5.74) is 0. The lowest BCUT2D eigenvalue weighted by atomic mass is 10.2. The zero-order valence-electron chi connectivity index (χ0n) is 12.2. The van der Waals surface area contributed by atoms with E-state index in [0.717, 1.165) is 4.90 Å². The fourth-order valence-corrected chi connectivity index (χ4v) is 3.04. The highest BCUT2D eigenvalue weighted by molar-refractivity contribution is 8.00. The number of rotatable bonds is 6. The number of aromatic nitrogens is 3. The molecule has 0 aliphatic heterocycles. The average molecular weight is 341 g/mol. The molecular weight excluding hydrogens is 324 g/mol. The van der Waals surface area contributed by atoms with E-state index >= 15 is 0 Å². The van der Waals surface area contributed by atoms with Crippen molar-refractivity contribution in [3.05, 3.63) is 41.4 Å². The summed E-state index contributed by atoms with van der Waals surface area (Å²) in [6, 6.07) is 6.77. The summed E-state index contributed by atoms with van der Waals surface area (Å²) < 4.78 is 1.66. The molecule has 0 saturated carbocycles. The van der Waals surface area contributed by atoms with Gasteiger partial charge in [-0.05, 0) is 19.1 Å². The number of carbonyl (C=O) groups excluding carboxylic acids is 1. The molecule has 2 unspecified atom stereocenters. The van der Waals surface area contributed by atoms with Gasteiger partial charge >= 0.3 is 0 Å². The van der Waals surface area contributed by atoms with Crippen molar-refractivity contribution < 1.29 is 9.90 Å². The predicted molar refractivity (Wildman–Crippen MR) is 85.7 cm³/mol. The van der Waals surface area contributed by atoms with Crippen LogP contribution in [-0.2, 0) is 11.8 Å². The Kier molecular flexibility index (Phi) is 5.82. The number of hydrogen-bond acceptors (Lipinski definition) is 5. The van der Waals surface area contributed by atoms with Crippen LogP contribution >= 0.6 is 23.4 Å². The summed E-state index contributed by atoms with van der Waals surface area (Å²) in [5.74, 6) is 0.303. The number of benzene rings is 1. The molecule has 2 atom stereocenters. The first kappa shape index (κ1) is 16.8. The van der Waals surface area contributed by atoms with Gasteiger partial charge in [-0.2, -0.15) is 0 Å². The van der Waals surface area contributed by atoms with Crippen molar-refractivity contribution in [1.82, 2.24) is 20.1 Å². The van der Waals surface area contributed by atoms with Gasteiger partial charge in [0.25, 0.3) is 0 Å². The van der Waals surface area contributed by atoms with Crippen molar-refractivity contribution >= 4 is 29.3 Å². The highest BCUT2D eigenvalue weighted by Crippen LogP contribution is 2.30. The second-order valence-corrected chi connectivity index (χ2v) is 6.52. The van der Waals surface area contributed by atoms with Crippen molar-refractivity contribution in [3.8, 4) is 0 Å². The minimum absolute atomic E-state index is 0.202. The van der Waals surface area contributed by atoms with Crippen LogP contribution < -0.4 is 5.32 Å². The van der Waals surface area contributed by atoms with Crippen molar-refractivity contribution in [2.45, 2.75) is 23.1 Å². The zero-order chi connectivity index (χ0) is 16.1. The number of thioether (sulfide) groups is 1. The van der Waals surface area contributed by atoms with E-state index in [0.29, 0.717) is 10.8 Å². The van der Waals surface area contributed by atoms with Crippen LogP contribution in [0.3, 0.4) is 0 Å². The molecule has 1 aromatic carbocycles. The monoisotopic (exact) mass is 340 g/mol. The van der Waals surface area contributed by atoms with Gasteiger partial charge in [0.15, 0.2) is 5.82 Å². The Morgan fingerprint density at radius 1 is 1.50 bits per heavy atom. The molecule has 1 heterocycles. The fourth-order valence-electron chi connectivity index (χ4n) is 1.87. The van der Waals surface area contributed by atoms with E-state index in [4.69, 9.17) is 11.6 Å². The van der Waals surface area contributed by atoms with E-state index in [1.54, 1.807) is 24.6 Å². The van der Waals surface area contributed by atoms with E-state index in [1.807, 2.05) is 18.2 Å². The van der Waals surface area contributed by atoms with Crippen LogP contribution in [0.25, 0.3) is 0 Å². The number of nitrogens with zero attached hydrogens (tertiary/aromatic N) is 3. The predicted octanol–water partition coefficient (Wildman–Crippen LogP) is 1.80. The van der Waals surface area contributed by atoms with Gasteiger partial charge in [0.2, 0.25) is 5.91 Å². The number of halogens is 1. The fraction of sp³-hybridized carbons (Fsp3) is 0.357. The maximum atomic E-state index is 12.3. The third-order valence-corrected chi connectivity index (χ3v) is 4.69. The van der Waals surface area contributed by atoms with Crippen LogP contribution in [0.1, 0.15) is 18.8 Å². The van der Waals surface area contributed by atoms with Gasteiger partial charge in [0.1, 0.15) is 12.4 Å². The minimum Gasteiger partial charge on any atom is -0.394 e. The zero-order valence-corrected chi connectivity index (χ0v) is 13.8. The third-order valence-electron chi connectivity index (χ3n) is 3.07. The van der Waals surface area contributed by atoms with Crippen molar-refractivity contribution in [1.29, 1.82) is 0 Å². The van der Waals surface area contributed by atoms with E-state index in [1.165, 1.54) is 18.1 Å². The molecule has 118 valence electrons. The topological polar surface area (TPSA) is 80.0 Å². The molecule has 2 rings (SSSR count). The van der Waals surface area contributed by atoms with Gasteiger partial charge in [-0.1, -0.05) is 23.7 Å². The normalized spacial score (nSPS) is 13.6. The van der Waals surface area contributed by atoms with Crippen LogP contribution in [0.15, 0.2) is 35.5 Å². The van der Waals surface area contributed by atoms with Crippen molar-refractivity contribution in [2.75, 3.05) is 6.61 Å². The first-order valence-electron chi connectivity index (χ1n) is 6.69. The molecule has 2 aromatic rings. The highest BCUT2D eigenvalue weighted by atomic mass is 35.5. The number of aliphatic hydroxyl groups excluding tert-OH is 1. The molecule has 8 heteroatoms. The van der Waals surface area contributed by atoms with Crippen LogP contribution in [0.4, 0.5) is 0 Å². The van der Waals surface area contributed by atoms with Gasteiger partial charge in [-0.3, -0.25) is 4.79 Å². The summed E-state index contributed by atoms with van der Waals surface area (Å²) in [7, 11) is 1.76. The first-order chi connectivity index (χ1) is 10.5. The third kappa shape index (κ3) is 4.00. The summed E-state index contributed by atoms with van der Waals surface area (Å²) in [4.78, 5) is 13.1. The van der Waals surface area contributed by atoms with Crippen LogP contribution in [0.2, 0.25) is 5.02 Å². The van der Waals surface area contributed by atoms with Gasteiger partial charge in [-0.15, -0.1) is 22.0 Å². The lowest BCUT2D eigenvalue weighted by Crippen LogP contribution is -2.37. The summed E-state index contributed by atoms with van der Waals surface area (Å²) in [6.07, 6.45) is 1.52. The summed E-state index contributed by atoms with van der Waals surface area (Å²) in [6.45, 7) is 1.54. The number of aryl methyl sites for hydroxylation is 1. The Morgan fingerprint density at radius 2 is 2.23 bits per heavy atom. The SMILES string of the molecule is CC(Sc1ccccc1Cl)C(=O)NC(CO)c1nncn1C. The molecule has 2 N–H and O–H groups in total. The molecule has 6 nitrogen and oxygen atoms in total. The Bertz CT molecular complexity index is 649. The van der Waals surface area contributed by atoms with Crippen LogP contribution in [-0.4, -0.2) is 37.6 Å². The van der Waals surface area contributed by atoms with Crippen LogP contribution in [0, 0.1) is 0 Å². The quantitative estimate of drug-likeness (QED) is 0.784. The minimum atomic E-state index is -0.589. The molecule has 1 amide bonds. The van der Waals surface area contributed by atoms with E-state index in [9.17, 15) is 9.90 Å². The van der Waals surface area contributed by atoms with Crippen molar-refractivity contribution in [2.24, 2.45) is 7.05 Å². The molecule has 0 aliphatic carbocycles. The molecule has 0 saturated heterocycles. The van der Waals surface area contributed by atoms with E-state index < -0.39 is 6.04 Å². The van der Waals surface area contributed by atoms with Gasteiger partial charge in [0, 0.05) is 11.9 Å². The maximum Gasteiger partial charge on any atom is 0.233 e. The molecule has 0 fully saturated rings. The lowest BCUT2D eigenvalue weighted by molar-refractivity contribution is -0.121. The number of aliphatic hydroxyl groups is 1. The van der Waals surface area contributed by atoms with Gasteiger partial charge in [0.05, 0.1) is 16.9 Å². The summed E-state index contributed by atoms with van der Waals surface area (Å²) >= 11 is 7.46. The second kappa shape index (κ2) is 7.62. The van der Waals surface area contributed by atoms with Crippen LogP contribution in [0.5, 0.6) is 0 Å². The number of nitrogens with one attached hydrogen (secondary N) is 1. The average Bonchev–Trinajstić information content (AvgIpc) is 2.93. The Hall–Kier alpha value is -1.57. The van der Waals surface area contributed by atoms with Crippen molar-refractivity contribution in [3.63, 3.8) is 0 Å². The molecule has 0 aliphatic rings. The lowest BCUT2D eigenvalue weighted by Gasteiger charge is -2.18. The molecule has 0 radical (unpaired) electrons. The van der Waals surface area contributed by atoms with Gasteiger partial charge in [-0.25, -0.2) is 0 Å². The summed E-state index contributed by atoms with van der Waals surface area (Å²) in [5, 5.41) is 20.1. The van der Waals surface area contributed by atoms with E-state index in [-0.39, 0.29) is 17.8 Å². The Morgan fingerprint density at radius 3 is 2.82 bits per heavy atom. The first-order valence-corrected chi connectivity index (χ1v) is 7.95. The highest BCUT2D eigenvalue weighted by Gasteiger charge is 2.22. The molecule has 0 bridgehead atoms. The second-order valence-electron chi connectivity index (χ2n) is 4.73. The largest absolute Gasteiger partial charge is 0.394 e. The Labute approximate surface area is 137 Å². The molecule has 22 heavy (non-hydrogen) atoms. The number of hydrogen-bond donors (Lipinski definition) is 2. The molecule has 1 aromatic heterocycles. The van der Waals surface area contributed by atoms with E-state index in [2.05, 4.69) is 15.5 Å². The smallest absolute Gasteiger partial charge is 0.233 e. The number of carbonyl (C=O) groups is 1. The molecule has 0 spiro atoms. The molecular formula is C14H17ClN4O2S. The standard InChI is InChI=1S/C14H17ClN4O2S/c1-9(22-12-6-4-3-5-10(12)15)14(21)17-11(7-20)13-18-16-8-19(13)2/h3-6,8-9,11,20H,7H2,1-2H3,(H,17,21). The number of amides is 1. The maximum absolute atomic E-state index is 12.3.